The maximum absolute atomic E-state index is 13.4. The van der Waals surface area contributed by atoms with Crippen LogP contribution in [0.5, 0.6) is 0 Å². The van der Waals surface area contributed by atoms with Crippen molar-refractivity contribution in [2.45, 2.75) is 51.8 Å². The molecule has 1 aliphatic heterocycles. The van der Waals surface area contributed by atoms with Crippen molar-refractivity contribution >= 4 is 32.5 Å². The minimum Gasteiger partial charge on any atom is -0.449 e. The second-order valence-electron chi connectivity index (χ2n) is 9.52. The van der Waals surface area contributed by atoms with Crippen LogP contribution in [0.2, 0.25) is 0 Å². The summed E-state index contributed by atoms with van der Waals surface area (Å²) in [5.41, 5.74) is 3.81. The van der Waals surface area contributed by atoms with Crippen molar-refractivity contribution in [2.75, 3.05) is 17.8 Å². The number of hydrogen-bond donors (Lipinski definition) is 1. The van der Waals surface area contributed by atoms with Crippen LogP contribution < -0.4 is 10.5 Å². The van der Waals surface area contributed by atoms with E-state index < -0.39 is 15.9 Å². The molecule has 0 aliphatic carbocycles. The van der Waals surface area contributed by atoms with E-state index in [1.165, 1.54) is 10.8 Å². The number of nitrogens with zero attached hydrogens (tertiary/aromatic N) is 2. The number of fused-ring (bicyclic) bond motifs is 2. The van der Waals surface area contributed by atoms with E-state index in [1.807, 2.05) is 0 Å². The Labute approximate surface area is 205 Å². The average Bonchev–Trinajstić information content (AvgIpc) is 3.17. The summed E-state index contributed by atoms with van der Waals surface area (Å²) >= 11 is 0. The Hall–Kier alpha value is -3.07. The lowest BCUT2D eigenvalue weighted by atomic mass is 9.99. The summed E-state index contributed by atoms with van der Waals surface area (Å²) in [6.45, 7) is 4.84. The number of pyridine rings is 1. The van der Waals surface area contributed by atoms with Crippen molar-refractivity contribution < 1.29 is 17.9 Å². The summed E-state index contributed by atoms with van der Waals surface area (Å²) in [5.74, 6) is 0.190. The molecule has 0 saturated carbocycles. The Morgan fingerprint density at radius 2 is 2.00 bits per heavy atom. The molecule has 1 aliphatic rings. The number of rotatable bonds is 8. The van der Waals surface area contributed by atoms with Gasteiger partial charge in [0.25, 0.3) is 5.56 Å². The maximum atomic E-state index is 13.4. The molecule has 1 aromatic carbocycles. The lowest BCUT2D eigenvalue weighted by molar-refractivity contribution is 0.129. The number of anilines is 1. The summed E-state index contributed by atoms with van der Waals surface area (Å²) in [5, 5.41) is 0.746. The Balaban J connectivity index is 1.80. The van der Waals surface area contributed by atoms with E-state index in [-0.39, 0.29) is 17.9 Å². The predicted octanol–water partition coefficient (Wildman–Crippen LogP) is 4.75. The van der Waals surface area contributed by atoms with Crippen LogP contribution in [-0.2, 0) is 33.9 Å². The summed E-state index contributed by atoms with van der Waals surface area (Å²) < 4.78 is 31.2. The van der Waals surface area contributed by atoms with Gasteiger partial charge in [-0.2, -0.15) is 0 Å². The van der Waals surface area contributed by atoms with Crippen LogP contribution in [-0.4, -0.2) is 36.9 Å². The van der Waals surface area contributed by atoms with Gasteiger partial charge in [-0.25, -0.2) is 13.2 Å². The van der Waals surface area contributed by atoms with Gasteiger partial charge in [-0.3, -0.25) is 9.69 Å². The minimum atomic E-state index is -3.25. The zero-order chi connectivity index (χ0) is 25.3. The molecule has 0 fully saturated rings. The Bertz CT molecular complexity index is 1420. The first-order valence-electron chi connectivity index (χ1n) is 12.1. The van der Waals surface area contributed by atoms with Gasteiger partial charge in [0.15, 0.2) is 9.84 Å². The van der Waals surface area contributed by atoms with Gasteiger partial charge in [0.1, 0.15) is 5.52 Å². The SMILES string of the molecule is CCCCC(CC)COC(=O)N1Cc2c[nH]c3c(=O)n(C)cc(c23)-c2cc(CS(C)(=O)=O)ccc21. The maximum Gasteiger partial charge on any atom is 0.414 e. The smallest absolute Gasteiger partial charge is 0.414 e. The number of amides is 1. The molecule has 1 amide bonds. The number of ether oxygens (including phenoxy) is 1. The van der Waals surface area contributed by atoms with E-state index >= 15 is 0 Å². The third-order valence-electron chi connectivity index (χ3n) is 6.69. The molecular formula is C26H33N3O5S. The highest BCUT2D eigenvalue weighted by atomic mass is 32.2. The van der Waals surface area contributed by atoms with Crippen molar-refractivity contribution in [3.63, 3.8) is 0 Å². The summed E-state index contributed by atoms with van der Waals surface area (Å²) in [4.78, 5) is 30.8. The first kappa shape index (κ1) is 25.0. The summed E-state index contributed by atoms with van der Waals surface area (Å²) in [6.07, 6.45) is 8.39. The van der Waals surface area contributed by atoms with Crippen molar-refractivity contribution in [1.29, 1.82) is 0 Å². The highest BCUT2D eigenvalue weighted by molar-refractivity contribution is 7.89. The molecule has 4 rings (SSSR count). The molecule has 188 valence electrons. The van der Waals surface area contributed by atoms with Crippen molar-refractivity contribution in [2.24, 2.45) is 13.0 Å². The van der Waals surface area contributed by atoms with Gasteiger partial charge in [0.2, 0.25) is 0 Å². The van der Waals surface area contributed by atoms with E-state index in [2.05, 4.69) is 18.8 Å². The Morgan fingerprint density at radius 1 is 1.23 bits per heavy atom. The number of benzene rings is 1. The van der Waals surface area contributed by atoms with Crippen LogP contribution in [0.1, 0.15) is 50.7 Å². The fraction of sp³-hybridized carbons (Fsp3) is 0.462. The van der Waals surface area contributed by atoms with Gasteiger partial charge in [-0.15, -0.1) is 0 Å². The number of hydrogen-bond acceptors (Lipinski definition) is 5. The average molecular weight is 500 g/mol. The number of H-pyrrole nitrogens is 1. The molecule has 1 N–H and O–H groups in total. The highest BCUT2D eigenvalue weighted by Crippen LogP contribution is 2.41. The number of nitrogens with one attached hydrogen (secondary N) is 1. The zero-order valence-corrected chi connectivity index (χ0v) is 21.6. The Kier molecular flexibility index (Phi) is 7.07. The van der Waals surface area contributed by atoms with Gasteiger partial charge in [-0.1, -0.05) is 39.2 Å². The molecule has 0 bridgehead atoms. The quantitative estimate of drug-likeness (QED) is 0.482. The topological polar surface area (TPSA) is 101 Å². The molecule has 3 heterocycles. The molecule has 1 unspecified atom stereocenters. The molecule has 2 aromatic heterocycles. The molecule has 8 nitrogen and oxygen atoms in total. The number of aryl methyl sites for hydroxylation is 1. The number of sulfone groups is 1. The van der Waals surface area contributed by atoms with Crippen LogP contribution in [0, 0.1) is 5.92 Å². The molecule has 1 atom stereocenters. The highest BCUT2D eigenvalue weighted by Gasteiger charge is 2.29. The number of unbranched alkanes of at least 4 members (excludes halogenated alkanes) is 1. The number of aromatic nitrogens is 2. The summed E-state index contributed by atoms with van der Waals surface area (Å²) in [7, 11) is -1.58. The Morgan fingerprint density at radius 3 is 2.69 bits per heavy atom. The molecule has 9 heteroatoms. The van der Waals surface area contributed by atoms with Crippen LogP contribution >= 0.6 is 0 Å². The van der Waals surface area contributed by atoms with E-state index in [0.29, 0.717) is 34.9 Å². The monoisotopic (exact) mass is 499 g/mol. The van der Waals surface area contributed by atoms with Crippen molar-refractivity contribution in [3.05, 3.63) is 52.1 Å². The minimum absolute atomic E-state index is 0.116. The van der Waals surface area contributed by atoms with E-state index in [0.717, 1.165) is 42.2 Å². The molecule has 0 radical (unpaired) electrons. The fourth-order valence-electron chi connectivity index (χ4n) is 4.77. The second-order valence-corrected chi connectivity index (χ2v) is 11.7. The van der Waals surface area contributed by atoms with Crippen LogP contribution in [0.3, 0.4) is 0 Å². The predicted molar refractivity (Wildman–Crippen MR) is 138 cm³/mol. The molecule has 3 aromatic rings. The molecule has 0 saturated heterocycles. The van der Waals surface area contributed by atoms with Crippen molar-refractivity contribution in [1.82, 2.24) is 9.55 Å². The van der Waals surface area contributed by atoms with Gasteiger partial charge < -0.3 is 14.3 Å². The number of aromatic amines is 1. The van der Waals surface area contributed by atoms with Crippen LogP contribution in [0.15, 0.2) is 35.4 Å². The third kappa shape index (κ3) is 5.15. The number of carbonyl (C=O) groups is 1. The lowest BCUT2D eigenvalue weighted by Crippen LogP contribution is -2.32. The molecule has 35 heavy (non-hydrogen) atoms. The van der Waals surface area contributed by atoms with Gasteiger partial charge in [0.05, 0.1) is 24.6 Å². The van der Waals surface area contributed by atoms with E-state index in [1.54, 1.807) is 42.5 Å². The number of carbonyl (C=O) groups excluding carboxylic acids is 1. The van der Waals surface area contributed by atoms with Crippen LogP contribution in [0.4, 0.5) is 10.5 Å². The first-order chi connectivity index (χ1) is 16.6. The third-order valence-corrected chi connectivity index (χ3v) is 7.55. The fourth-order valence-corrected chi connectivity index (χ4v) is 5.56. The van der Waals surface area contributed by atoms with Gasteiger partial charge in [0, 0.05) is 42.2 Å². The molecule has 0 spiro atoms. The normalized spacial score (nSPS) is 14.0. The first-order valence-corrected chi connectivity index (χ1v) is 14.1. The van der Waals surface area contributed by atoms with E-state index in [4.69, 9.17) is 4.74 Å². The van der Waals surface area contributed by atoms with E-state index in [9.17, 15) is 18.0 Å². The van der Waals surface area contributed by atoms with Gasteiger partial charge >= 0.3 is 6.09 Å². The second kappa shape index (κ2) is 9.89. The lowest BCUT2D eigenvalue weighted by Gasteiger charge is -2.24. The van der Waals surface area contributed by atoms with Gasteiger partial charge in [-0.05, 0) is 35.6 Å². The zero-order valence-electron chi connectivity index (χ0n) is 20.8. The largest absolute Gasteiger partial charge is 0.449 e. The summed E-state index contributed by atoms with van der Waals surface area (Å²) in [6, 6.07) is 5.31. The van der Waals surface area contributed by atoms with Crippen molar-refractivity contribution in [3.8, 4) is 11.1 Å². The standard InChI is InChI=1S/C26H33N3O5S/c1-5-7-8-17(6-2)15-34-26(31)29-13-19-12-27-24-23(19)21(14-28(3)25(24)30)20-11-18(9-10-22(20)29)16-35(4,32)33/h9-12,14,17,27H,5-8,13,15-16H2,1-4H3. The molecular weight excluding hydrogens is 466 g/mol. The van der Waals surface area contributed by atoms with Crippen LogP contribution in [0.25, 0.3) is 22.0 Å².